The first-order valence-corrected chi connectivity index (χ1v) is 7.56. The molecule has 3 heterocycles. The first-order valence-electron chi connectivity index (χ1n) is 6.68. The molecule has 1 unspecified atom stereocenters. The summed E-state index contributed by atoms with van der Waals surface area (Å²) in [7, 11) is 1.91. The fourth-order valence-electron chi connectivity index (χ4n) is 1.85. The van der Waals surface area contributed by atoms with Crippen LogP contribution in [0.2, 0.25) is 0 Å². The Morgan fingerprint density at radius 1 is 1.32 bits per heavy atom. The van der Waals surface area contributed by atoms with E-state index in [4.69, 9.17) is 8.94 Å². The van der Waals surface area contributed by atoms with E-state index < -0.39 is 0 Å². The fourth-order valence-corrected chi connectivity index (χ4v) is 2.61. The van der Waals surface area contributed by atoms with Gasteiger partial charge in [-0.2, -0.15) is 4.98 Å². The van der Waals surface area contributed by atoms with Crippen LogP contribution >= 0.6 is 23.7 Å². The molecule has 3 aromatic rings. The molecule has 0 fully saturated rings. The summed E-state index contributed by atoms with van der Waals surface area (Å²) < 4.78 is 10.8. The third-order valence-electron chi connectivity index (χ3n) is 3.12. The van der Waals surface area contributed by atoms with Gasteiger partial charge in [0.15, 0.2) is 16.6 Å². The van der Waals surface area contributed by atoms with Crippen LogP contribution < -0.4 is 5.32 Å². The Balaban J connectivity index is 0.00000176. The molecule has 1 N–H and O–H groups in total. The third-order valence-corrected chi connectivity index (χ3v) is 3.98. The molecule has 0 aliphatic rings. The zero-order chi connectivity index (χ0) is 14.8. The largest absolute Gasteiger partial charge is 0.459 e. The number of furan rings is 1. The molecule has 0 aliphatic carbocycles. The number of hydrogen-bond acceptors (Lipinski definition) is 7. The molecule has 3 aromatic heterocycles. The van der Waals surface area contributed by atoms with Crippen LogP contribution in [0.3, 0.4) is 0 Å². The van der Waals surface area contributed by atoms with E-state index >= 15 is 0 Å². The van der Waals surface area contributed by atoms with Crippen molar-refractivity contribution in [3.63, 3.8) is 0 Å². The van der Waals surface area contributed by atoms with Crippen molar-refractivity contribution in [2.45, 2.75) is 26.3 Å². The summed E-state index contributed by atoms with van der Waals surface area (Å²) in [5.41, 5.74) is 0.680. The van der Waals surface area contributed by atoms with Crippen molar-refractivity contribution < 1.29 is 8.94 Å². The molecule has 1 atom stereocenters. The lowest BCUT2D eigenvalue weighted by Crippen LogP contribution is -2.24. The van der Waals surface area contributed by atoms with Gasteiger partial charge in [0.25, 0.3) is 5.89 Å². The predicted molar refractivity (Wildman–Crippen MR) is 87.3 cm³/mol. The Kier molecular flexibility index (Phi) is 5.33. The van der Waals surface area contributed by atoms with Crippen LogP contribution in [0.5, 0.6) is 0 Å². The van der Waals surface area contributed by atoms with Crippen molar-refractivity contribution in [2.75, 3.05) is 7.05 Å². The Labute approximate surface area is 138 Å². The maximum Gasteiger partial charge on any atom is 0.277 e. The molecule has 0 spiro atoms. The van der Waals surface area contributed by atoms with E-state index in [-0.39, 0.29) is 12.4 Å². The van der Waals surface area contributed by atoms with E-state index in [0.29, 0.717) is 29.9 Å². The van der Waals surface area contributed by atoms with E-state index in [0.717, 1.165) is 16.5 Å². The van der Waals surface area contributed by atoms with Crippen LogP contribution in [-0.2, 0) is 6.42 Å². The lowest BCUT2D eigenvalue weighted by molar-refractivity contribution is 0.417. The summed E-state index contributed by atoms with van der Waals surface area (Å²) >= 11 is 1.49. The highest BCUT2D eigenvalue weighted by Gasteiger charge is 2.15. The highest BCUT2D eigenvalue weighted by molar-refractivity contribution is 7.13. The molecule has 0 amide bonds. The maximum absolute atomic E-state index is 5.56. The minimum atomic E-state index is 0. The average Bonchev–Trinajstić information content (AvgIpc) is 3.17. The summed E-state index contributed by atoms with van der Waals surface area (Å²) in [5.74, 6) is 2.74. The second-order valence-electron chi connectivity index (χ2n) is 4.86. The SMILES string of the molecule is CNC(C)Cc1noc(-c2csc(-c3ccc(C)o3)n2)n1.Cl. The number of halogens is 1. The van der Waals surface area contributed by atoms with Crippen molar-refractivity contribution in [1.82, 2.24) is 20.4 Å². The highest BCUT2D eigenvalue weighted by Crippen LogP contribution is 2.29. The zero-order valence-electron chi connectivity index (χ0n) is 12.5. The van der Waals surface area contributed by atoms with Crippen molar-refractivity contribution in [1.29, 1.82) is 0 Å². The molecular formula is C14H17ClN4O2S. The normalized spacial score (nSPS) is 12.1. The smallest absolute Gasteiger partial charge is 0.277 e. The summed E-state index contributed by atoms with van der Waals surface area (Å²) in [5, 5.41) is 9.83. The number of aromatic nitrogens is 3. The summed E-state index contributed by atoms with van der Waals surface area (Å²) in [6.07, 6.45) is 0.717. The van der Waals surface area contributed by atoms with Crippen LogP contribution in [0.15, 0.2) is 26.5 Å². The van der Waals surface area contributed by atoms with Crippen LogP contribution in [0.25, 0.3) is 22.4 Å². The maximum atomic E-state index is 5.56. The molecule has 0 saturated heterocycles. The lowest BCUT2D eigenvalue weighted by atomic mass is 10.2. The van der Waals surface area contributed by atoms with E-state index in [1.807, 2.05) is 31.5 Å². The standard InChI is InChI=1S/C14H16N4O2S.ClH/c1-8(15-3)6-12-17-13(20-18-12)10-7-21-14(16-10)11-5-4-9(2)19-11;/h4-5,7-8,15H,6H2,1-3H3;1H. The van der Waals surface area contributed by atoms with Crippen molar-refractivity contribution in [2.24, 2.45) is 0 Å². The Morgan fingerprint density at radius 2 is 2.14 bits per heavy atom. The first-order chi connectivity index (χ1) is 10.2. The van der Waals surface area contributed by atoms with Crippen LogP contribution in [0.1, 0.15) is 18.5 Å². The van der Waals surface area contributed by atoms with Crippen LogP contribution in [-0.4, -0.2) is 28.2 Å². The molecule has 0 aromatic carbocycles. The topological polar surface area (TPSA) is 77.0 Å². The number of hydrogen-bond donors (Lipinski definition) is 1. The molecule has 8 heteroatoms. The minimum absolute atomic E-state index is 0. The van der Waals surface area contributed by atoms with Gasteiger partial charge in [-0.3, -0.25) is 0 Å². The molecule has 0 bridgehead atoms. The second-order valence-corrected chi connectivity index (χ2v) is 5.72. The summed E-state index contributed by atoms with van der Waals surface area (Å²) in [6, 6.07) is 4.12. The van der Waals surface area contributed by atoms with Gasteiger partial charge < -0.3 is 14.3 Å². The molecule has 6 nitrogen and oxygen atoms in total. The van der Waals surface area contributed by atoms with Crippen LogP contribution in [0, 0.1) is 6.92 Å². The Morgan fingerprint density at radius 3 is 2.82 bits per heavy atom. The molecular weight excluding hydrogens is 324 g/mol. The molecule has 0 radical (unpaired) electrons. The monoisotopic (exact) mass is 340 g/mol. The van der Waals surface area contributed by atoms with Gasteiger partial charge >= 0.3 is 0 Å². The number of rotatable bonds is 5. The molecule has 22 heavy (non-hydrogen) atoms. The van der Waals surface area contributed by atoms with Crippen LogP contribution in [0.4, 0.5) is 0 Å². The van der Waals surface area contributed by atoms with Gasteiger partial charge in [0.05, 0.1) is 0 Å². The van der Waals surface area contributed by atoms with Gasteiger partial charge in [0.2, 0.25) is 0 Å². The summed E-state index contributed by atoms with van der Waals surface area (Å²) in [6.45, 7) is 3.97. The number of nitrogens with one attached hydrogen (secondary N) is 1. The van der Waals surface area contributed by atoms with E-state index in [1.165, 1.54) is 11.3 Å². The van der Waals surface area contributed by atoms with Crippen molar-refractivity contribution in [3.05, 3.63) is 29.1 Å². The summed E-state index contributed by atoms with van der Waals surface area (Å²) in [4.78, 5) is 8.87. The molecule has 0 saturated carbocycles. The molecule has 3 rings (SSSR count). The quantitative estimate of drug-likeness (QED) is 0.767. The number of aryl methyl sites for hydroxylation is 1. The second kappa shape index (κ2) is 7.04. The van der Waals surface area contributed by atoms with E-state index in [9.17, 15) is 0 Å². The fraction of sp³-hybridized carbons (Fsp3) is 0.357. The highest BCUT2D eigenvalue weighted by atomic mass is 35.5. The number of likely N-dealkylation sites (N-methyl/N-ethyl adjacent to an activating group) is 1. The van der Waals surface area contributed by atoms with Crippen molar-refractivity contribution in [3.8, 4) is 22.4 Å². The Bertz CT molecular complexity index is 737. The van der Waals surface area contributed by atoms with Gasteiger partial charge in [-0.15, -0.1) is 23.7 Å². The minimum Gasteiger partial charge on any atom is -0.459 e. The third kappa shape index (κ3) is 3.55. The molecule has 0 aliphatic heterocycles. The number of thiazole rings is 1. The lowest BCUT2D eigenvalue weighted by Gasteiger charge is -2.04. The number of nitrogens with zero attached hydrogens (tertiary/aromatic N) is 3. The predicted octanol–water partition coefficient (Wildman–Crippen LogP) is 3.33. The van der Waals surface area contributed by atoms with E-state index in [2.05, 4.69) is 27.4 Å². The van der Waals surface area contributed by atoms with Crippen molar-refractivity contribution >= 4 is 23.7 Å². The van der Waals surface area contributed by atoms with Gasteiger partial charge in [-0.05, 0) is 33.0 Å². The Hall–Kier alpha value is -1.70. The van der Waals surface area contributed by atoms with Gasteiger partial charge in [0, 0.05) is 17.8 Å². The van der Waals surface area contributed by atoms with Gasteiger partial charge in [0.1, 0.15) is 11.5 Å². The zero-order valence-corrected chi connectivity index (χ0v) is 14.1. The van der Waals surface area contributed by atoms with Gasteiger partial charge in [-0.25, -0.2) is 4.98 Å². The van der Waals surface area contributed by atoms with Gasteiger partial charge in [-0.1, -0.05) is 5.16 Å². The average molecular weight is 341 g/mol. The van der Waals surface area contributed by atoms with E-state index in [1.54, 1.807) is 0 Å². The first kappa shape index (κ1) is 16.7. The molecule has 118 valence electrons.